The van der Waals surface area contributed by atoms with Crippen molar-refractivity contribution in [2.24, 2.45) is 0 Å². The predicted octanol–water partition coefficient (Wildman–Crippen LogP) is 0.833. The van der Waals surface area contributed by atoms with Gasteiger partial charge in [0.15, 0.2) is 0 Å². The fourth-order valence-corrected chi connectivity index (χ4v) is 3.80. The van der Waals surface area contributed by atoms with E-state index in [1.54, 1.807) is 4.31 Å². The molecule has 1 aliphatic carbocycles. The number of ether oxygens (including phenoxy) is 1. The highest BCUT2D eigenvalue weighted by Gasteiger charge is 2.33. The Kier molecular flexibility index (Phi) is 2.58. The van der Waals surface area contributed by atoms with Gasteiger partial charge in [0.2, 0.25) is 0 Å². The molecule has 2 rings (SSSR count). The van der Waals surface area contributed by atoms with Crippen LogP contribution >= 0.6 is 0 Å². The molecule has 1 unspecified atom stereocenters. The summed E-state index contributed by atoms with van der Waals surface area (Å²) in [4.78, 5) is 0. The second kappa shape index (κ2) is 3.55. The second-order valence-corrected chi connectivity index (χ2v) is 5.98. The van der Waals surface area contributed by atoms with E-state index >= 15 is 0 Å². The zero-order valence-electron chi connectivity index (χ0n) is 7.70. The molecule has 0 aromatic carbocycles. The monoisotopic (exact) mass is 204 g/mol. The van der Waals surface area contributed by atoms with Crippen LogP contribution in [0.25, 0.3) is 0 Å². The zero-order chi connectivity index (χ0) is 9.31. The van der Waals surface area contributed by atoms with E-state index in [1.165, 1.54) is 0 Å². The minimum Gasteiger partial charge on any atom is -0.379 e. The molecule has 76 valence electrons. The van der Waals surface area contributed by atoms with Gasteiger partial charge in [-0.05, 0) is 12.8 Å². The summed E-state index contributed by atoms with van der Waals surface area (Å²) >= 11 is 0. The normalized spacial score (nSPS) is 30.8. The van der Waals surface area contributed by atoms with Crippen LogP contribution in [0.1, 0.15) is 19.3 Å². The Morgan fingerprint density at radius 1 is 1.31 bits per heavy atom. The first kappa shape index (κ1) is 9.43. The highest BCUT2D eigenvalue weighted by molar-refractivity contribution is 7.90. The third kappa shape index (κ3) is 1.73. The molecule has 0 amide bonds. The van der Waals surface area contributed by atoms with Gasteiger partial charge in [0.1, 0.15) is 9.92 Å². The Hall–Kier alpha value is -0.130. The lowest BCUT2D eigenvalue weighted by Gasteiger charge is -2.36. The molecule has 1 N–H and O–H groups in total. The first-order chi connectivity index (χ1) is 6.21. The summed E-state index contributed by atoms with van der Waals surface area (Å²) in [7, 11) is -2.47. The minimum atomic E-state index is -2.47. The van der Waals surface area contributed by atoms with Crippen molar-refractivity contribution in [3.63, 3.8) is 0 Å². The van der Waals surface area contributed by atoms with Crippen LogP contribution in [0.5, 0.6) is 0 Å². The molecule has 1 atom stereocenters. The van der Waals surface area contributed by atoms with Crippen LogP contribution in [0, 0.1) is 4.78 Å². The molecule has 2 fully saturated rings. The van der Waals surface area contributed by atoms with Crippen molar-refractivity contribution >= 4 is 9.92 Å². The number of hydrogen-bond donors (Lipinski definition) is 1. The average molecular weight is 204 g/mol. The minimum absolute atomic E-state index is 0.130. The molecule has 1 heterocycles. The lowest BCUT2D eigenvalue weighted by Crippen LogP contribution is -2.46. The van der Waals surface area contributed by atoms with Gasteiger partial charge in [-0.25, -0.2) is 13.3 Å². The van der Waals surface area contributed by atoms with Gasteiger partial charge in [-0.15, -0.1) is 0 Å². The van der Waals surface area contributed by atoms with Crippen LogP contribution in [0.4, 0.5) is 0 Å². The number of nitrogens with zero attached hydrogens (tertiary/aromatic N) is 1. The Morgan fingerprint density at radius 2 is 1.92 bits per heavy atom. The van der Waals surface area contributed by atoms with E-state index in [1.807, 2.05) is 0 Å². The van der Waals surface area contributed by atoms with Crippen molar-refractivity contribution in [2.75, 3.05) is 26.3 Å². The van der Waals surface area contributed by atoms with Crippen molar-refractivity contribution in [2.45, 2.75) is 24.5 Å². The molecule has 1 aliphatic heterocycles. The van der Waals surface area contributed by atoms with Crippen molar-refractivity contribution in [3.05, 3.63) is 0 Å². The van der Waals surface area contributed by atoms with E-state index in [2.05, 4.69) is 0 Å². The van der Waals surface area contributed by atoms with Crippen molar-refractivity contribution < 1.29 is 8.95 Å². The van der Waals surface area contributed by atoms with Crippen LogP contribution in [0.15, 0.2) is 0 Å². The second-order valence-electron chi connectivity index (χ2n) is 3.66. The fourth-order valence-electron chi connectivity index (χ4n) is 1.72. The third-order valence-electron chi connectivity index (χ3n) is 2.86. The molecule has 0 aromatic rings. The van der Waals surface area contributed by atoms with Gasteiger partial charge in [-0.1, -0.05) is 6.42 Å². The summed E-state index contributed by atoms with van der Waals surface area (Å²) in [6.07, 6.45) is 3.09. The lowest BCUT2D eigenvalue weighted by molar-refractivity contribution is 0.0736. The molecule has 0 spiro atoms. The Morgan fingerprint density at radius 3 is 2.38 bits per heavy atom. The maximum Gasteiger partial charge on any atom is 0.110 e. The van der Waals surface area contributed by atoms with Crippen LogP contribution in [0.3, 0.4) is 0 Å². The SMILES string of the molecule is N=S(=O)(C1CCC1)N1CCOCC1. The number of rotatable bonds is 2. The van der Waals surface area contributed by atoms with Gasteiger partial charge in [-0.2, -0.15) is 0 Å². The third-order valence-corrected chi connectivity index (χ3v) is 5.37. The highest BCUT2D eigenvalue weighted by Crippen LogP contribution is 2.29. The van der Waals surface area contributed by atoms with Gasteiger partial charge in [0.05, 0.1) is 18.5 Å². The molecule has 1 saturated heterocycles. The quantitative estimate of drug-likeness (QED) is 0.724. The van der Waals surface area contributed by atoms with Crippen molar-refractivity contribution in [3.8, 4) is 0 Å². The average Bonchev–Trinajstić information content (AvgIpc) is 2.02. The van der Waals surface area contributed by atoms with E-state index in [0.717, 1.165) is 19.3 Å². The first-order valence-corrected chi connectivity index (χ1v) is 6.39. The van der Waals surface area contributed by atoms with Gasteiger partial charge >= 0.3 is 0 Å². The van der Waals surface area contributed by atoms with Gasteiger partial charge in [-0.3, -0.25) is 0 Å². The summed E-state index contributed by atoms with van der Waals surface area (Å²) in [5.41, 5.74) is 0. The van der Waals surface area contributed by atoms with Crippen LogP contribution in [0.2, 0.25) is 0 Å². The fraction of sp³-hybridized carbons (Fsp3) is 1.00. The molecule has 2 aliphatic rings. The van der Waals surface area contributed by atoms with Gasteiger partial charge < -0.3 is 4.74 Å². The number of nitrogens with one attached hydrogen (secondary N) is 1. The Labute approximate surface area is 79.4 Å². The maximum absolute atomic E-state index is 12.1. The molecule has 0 bridgehead atoms. The molecular formula is C8H16N2O2S. The summed E-state index contributed by atoms with van der Waals surface area (Å²) < 4.78 is 26.9. The topological polar surface area (TPSA) is 53.4 Å². The van der Waals surface area contributed by atoms with Gasteiger partial charge in [0.25, 0.3) is 0 Å². The predicted molar refractivity (Wildman–Crippen MR) is 50.9 cm³/mol. The summed E-state index contributed by atoms with van der Waals surface area (Å²) in [5, 5.41) is 0.130. The van der Waals surface area contributed by atoms with E-state index in [-0.39, 0.29) is 5.25 Å². The molecule has 4 nitrogen and oxygen atoms in total. The lowest BCUT2D eigenvalue weighted by atomic mass is 10.0. The van der Waals surface area contributed by atoms with Crippen LogP contribution in [-0.4, -0.2) is 40.1 Å². The van der Waals surface area contributed by atoms with E-state index in [4.69, 9.17) is 9.52 Å². The Balaban J connectivity index is 2.03. The first-order valence-electron chi connectivity index (χ1n) is 4.82. The number of morpholine rings is 1. The summed E-state index contributed by atoms with van der Waals surface area (Å²) in [5.74, 6) is 0. The molecule has 5 heteroatoms. The Bertz CT molecular complexity index is 266. The molecule has 13 heavy (non-hydrogen) atoms. The highest BCUT2D eigenvalue weighted by atomic mass is 32.2. The maximum atomic E-state index is 12.1. The summed E-state index contributed by atoms with van der Waals surface area (Å²) in [6.45, 7) is 2.59. The molecular weight excluding hydrogens is 188 g/mol. The van der Waals surface area contributed by atoms with Crippen LogP contribution in [-0.2, 0) is 14.7 Å². The van der Waals surface area contributed by atoms with Gasteiger partial charge in [0, 0.05) is 13.1 Å². The van der Waals surface area contributed by atoms with Crippen molar-refractivity contribution in [1.82, 2.24) is 4.31 Å². The zero-order valence-corrected chi connectivity index (χ0v) is 8.52. The largest absolute Gasteiger partial charge is 0.379 e. The van der Waals surface area contributed by atoms with E-state index < -0.39 is 9.92 Å². The van der Waals surface area contributed by atoms with Crippen LogP contribution < -0.4 is 0 Å². The molecule has 1 saturated carbocycles. The van der Waals surface area contributed by atoms with Crippen molar-refractivity contribution in [1.29, 1.82) is 4.78 Å². The summed E-state index contributed by atoms with van der Waals surface area (Å²) in [6, 6.07) is 0. The van der Waals surface area contributed by atoms with E-state index in [0.29, 0.717) is 26.3 Å². The molecule has 0 aromatic heterocycles. The molecule has 0 radical (unpaired) electrons. The smallest absolute Gasteiger partial charge is 0.110 e. The number of hydrogen-bond acceptors (Lipinski definition) is 3. The van der Waals surface area contributed by atoms with E-state index in [9.17, 15) is 4.21 Å². The standard InChI is InChI=1S/C8H16N2O2S/c9-13(11,8-2-1-3-8)10-4-6-12-7-5-10/h8-9H,1-7H2.